The van der Waals surface area contributed by atoms with E-state index in [1.165, 1.54) is 0 Å². The SMILES string of the molecule is CCOC(=O)N1CCC(NC(=O)C[NH2+]CC(=O)NC)CC1. The van der Waals surface area contributed by atoms with E-state index in [-0.39, 0.29) is 37.0 Å². The van der Waals surface area contributed by atoms with E-state index in [1.807, 2.05) is 0 Å². The van der Waals surface area contributed by atoms with Gasteiger partial charge in [-0.15, -0.1) is 0 Å². The minimum atomic E-state index is -0.291. The Balaban J connectivity index is 2.18. The maximum absolute atomic E-state index is 11.7. The summed E-state index contributed by atoms with van der Waals surface area (Å²) in [7, 11) is 1.56. The number of likely N-dealkylation sites (tertiary alicyclic amines) is 1. The molecule has 1 aliphatic heterocycles. The number of likely N-dealkylation sites (N-methyl/N-ethyl adjacent to an activating group) is 1. The lowest BCUT2D eigenvalue weighted by Gasteiger charge is -2.31. The highest BCUT2D eigenvalue weighted by Crippen LogP contribution is 2.11. The first-order valence-electron chi connectivity index (χ1n) is 7.30. The Bertz CT molecular complexity index is 367. The third-order valence-corrected chi connectivity index (χ3v) is 3.32. The molecule has 1 aliphatic rings. The number of rotatable bonds is 6. The van der Waals surface area contributed by atoms with Crippen LogP contribution in [0.4, 0.5) is 4.79 Å². The number of nitrogens with zero attached hydrogens (tertiary/aromatic N) is 1. The van der Waals surface area contributed by atoms with Crippen LogP contribution < -0.4 is 16.0 Å². The molecule has 0 radical (unpaired) electrons. The van der Waals surface area contributed by atoms with Gasteiger partial charge in [0.15, 0.2) is 13.1 Å². The van der Waals surface area contributed by atoms with Crippen molar-refractivity contribution in [1.82, 2.24) is 15.5 Å². The molecule has 1 fully saturated rings. The van der Waals surface area contributed by atoms with E-state index in [0.29, 0.717) is 19.7 Å². The first-order valence-corrected chi connectivity index (χ1v) is 7.30. The number of hydrogen-bond donors (Lipinski definition) is 3. The number of quaternary nitrogens is 1. The van der Waals surface area contributed by atoms with Crippen LogP contribution in [0.2, 0.25) is 0 Å². The third-order valence-electron chi connectivity index (χ3n) is 3.32. The standard InChI is InChI=1S/C13H24N4O4/c1-3-21-13(20)17-6-4-10(5-7-17)16-12(19)9-15-8-11(18)14-2/h10,15H,3-9H2,1-2H3,(H,14,18)(H,16,19)/p+1. The minimum absolute atomic E-state index is 0.0802. The van der Waals surface area contributed by atoms with E-state index in [0.717, 1.165) is 12.8 Å². The van der Waals surface area contributed by atoms with E-state index < -0.39 is 0 Å². The lowest BCUT2D eigenvalue weighted by Crippen LogP contribution is -2.88. The molecule has 0 atom stereocenters. The highest BCUT2D eigenvalue weighted by molar-refractivity contribution is 5.78. The minimum Gasteiger partial charge on any atom is -0.450 e. The molecule has 1 saturated heterocycles. The number of nitrogens with two attached hydrogens (primary N) is 1. The fraction of sp³-hybridized carbons (Fsp3) is 0.769. The number of amides is 3. The quantitative estimate of drug-likeness (QED) is 0.529. The van der Waals surface area contributed by atoms with Gasteiger partial charge in [-0.1, -0.05) is 0 Å². The first kappa shape index (κ1) is 17.2. The molecule has 4 N–H and O–H groups in total. The summed E-state index contributed by atoms with van der Waals surface area (Å²) in [5, 5.41) is 7.07. The zero-order valence-corrected chi connectivity index (χ0v) is 12.7. The molecular formula is C13H25N4O4+. The van der Waals surface area contributed by atoms with Gasteiger partial charge in [0.25, 0.3) is 11.8 Å². The average Bonchev–Trinajstić information content (AvgIpc) is 2.48. The second kappa shape index (κ2) is 9.17. The van der Waals surface area contributed by atoms with Crippen LogP contribution in [0.3, 0.4) is 0 Å². The van der Waals surface area contributed by atoms with E-state index in [2.05, 4.69) is 10.6 Å². The average molecular weight is 301 g/mol. The molecule has 1 rings (SSSR count). The molecule has 1 heterocycles. The van der Waals surface area contributed by atoms with Crippen molar-refractivity contribution in [3.05, 3.63) is 0 Å². The van der Waals surface area contributed by atoms with Gasteiger partial charge in [0, 0.05) is 26.2 Å². The first-order chi connectivity index (χ1) is 10.1. The van der Waals surface area contributed by atoms with Crippen LogP contribution in [-0.4, -0.2) is 68.7 Å². The van der Waals surface area contributed by atoms with Gasteiger partial charge in [-0.05, 0) is 19.8 Å². The molecule has 0 aromatic carbocycles. The number of hydrogen-bond acceptors (Lipinski definition) is 4. The zero-order valence-electron chi connectivity index (χ0n) is 12.7. The molecule has 0 saturated carbocycles. The van der Waals surface area contributed by atoms with Crippen molar-refractivity contribution in [1.29, 1.82) is 0 Å². The molecule has 0 spiro atoms. The topological polar surface area (TPSA) is 104 Å². The summed E-state index contributed by atoms with van der Waals surface area (Å²) >= 11 is 0. The van der Waals surface area contributed by atoms with Gasteiger partial charge in [-0.25, -0.2) is 4.79 Å². The normalized spacial score (nSPS) is 15.4. The van der Waals surface area contributed by atoms with Crippen molar-refractivity contribution in [2.75, 3.05) is 39.8 Å². The molecule has 8 heteroatoms. The van der Waals surface area contributed by atoms with Crippen LogP contribution in [0.25, 0.3) is 0 Å². The number of carbonyl (C=O) groups is 3. The molecular weight excluding hydrogens is 276 g/mol. The fourth-order valence-electron chi connectivity index (χ4n) is 2.14. The van der Waals surface area contributed by atoms with Crippen LogP contribution in [0, 0.1) is 0 Å². The highest BCUT2D eigenvalue weighted by Gasteiger charge is 2.24. The van der Waals surface area contributed by atoms with Crippen LogP contribution in [0.1, 0.15) is 19.8 Å². The Morgan fingerprint density at radius 3 is 2.38 bits per heavy atom. The summed E-state index contributed by atoms with van der Waals surface area (Å²) in [6, 6.07) is 0.0802. The van der Waals surface area contributed by atoms with Gasteiger partial charge >= 0.3 is 6.09 Å². The Kier molecular flexibility index (Phi) is 7.52. The molecule has 0 aromatic heterocycles. The second-order valence-electron chi connectivity index (χ2n) is 4.90. The van der Waals surface area contributed by atoms with Crippen molar-refractivity contribution in [3.8, 4) is 0 Å². The van der Waals surface area contributed by atoms with Crippen LogP contribution in [-0.2, 0) is 14.3 Å². The number of ether oxygens (including phenoxy) is 1. The molecule has 3 amide bonds. The van der Waals surface area contributed by atoms with E-state index in [9.17, 15) is 14.4 Å². The van der Waals surface area contributed by atoms with Crippen LogP contribution >= 0.6 is 0 Å². The Labute approximate surface area is 124 Å². The second-order valence-corrected chi connectivity index (χ2v) is 4.90. The van der Waals surface area contributed by atoms with Crippen molar-refractivity contribution < 1.29 is 24.4 Å². The van der Waals surface area contributed by atoms with Gasteiger partial charge in [0.1, 0.15) is 0 Å². The number of carbonyl (C=O) groups excluding carboxylic acids is 3. The molecule has 21 heavy (non-hydrogen) atoms. The Morgan fingerprint density at radius 1 is 1.19 bits per heavy atom. The lowest BCUT2D eigenvalue weighted by atomic mass is 10.1. The van der Waals surface area contributed by atoms with Crippen molar-refractivity contribution in [3.63, 3.8) is 0 Å². The van der Waals surface area contributed by atoms with Gasteiger partial charge < -0.3 is 25.6 Å². The van der Waals surface area contributed by atoms with E-state index in [4.69, 9.17) is 4.74 Å². The summed E-state index contributed by atoms with van der Waals surface area (Å²) in [6.45, 7) is 3.80. The summed E-state index contributed by atoms with van der Waals surface area (Å²) < 4.78 is 4.94. The van der Waals surface area contributed by atoms with Crippen molar-refractivity contribution in [2.45, 2.75) is 25.8 Å². The van der Waals surface area contributed by atoms with E-state index >= 15 is 0 Å². The number of nitrogens with one attached hydrogen (secondary N) is 2. The van der Waals surface area contributed by atoms with Gasteiger partial charge in [0.05, 0.1) is 6.61 Å². The zero-order chi connectivity index (χ0) is 15.7. The van der Waals surface area contributed by atoms with E-state index in [1.54, 1.807) is 24.2 Å². The van der Waals surface area contributed by atoms with Crippen molar-refractivity contribution >= 4 is 17.9 Å². The lowest BCUT2D eigenvalue weighted by molar-refractivity contribution is -0.633. The van der Waals surface area contributed by atoms with Gasteiger partial charge in [-0.3, -0.25) is 9.59 Å². The maximum atomic E-state index is 11.7. The molecule has 8 nitrogen and oxygen atoms in total. The predicted molar refractivity (Wildman–Crippen MR) is 75.5 cm³/mol. The molecule has 0 bridgehead atoms. The molecule has 0 aromatic rings. The predicted octanol–water partition coefficient (Wildman–Crippen LogP) is -1.97. The fourth-order valence-corrected chi connectivity index (χ4v) is 2.14. The molecule has 0 aliphatic carbocycles. The summed E-state index contributed by atoms with van der Waals surface area (Å²) in [4.78, 5) is 35.9. The summed E-state index contributed by atoms with van der Waals surface area (Å²) in [5.74, 6) is -0.195. The van der Waals surface area contributed by atoms with Crippen molar-refractivity contribution in [2.24, 2.45) is 0 Å². The largest absolute Gasteiger partial charge is 0.450 e. The number of piperidine rings is 1. The summed E-state index contributed by atoms with van der Waals surface area (Å²) in [6.07, 6.45) is 1.15. The smallest absolute Gasteiger partial charge is 0.409 e. The Morgan fingerprint density at radius 2 is 1.81 bits per heavy atom. The molecule has 0 unspecified atom stereocenters. The monoisotopic (exact) mass is 301 g/mol. The Hall–Kier alpha value is -1.83. The summed E-state index contributed by atoms with van der Waals surface area (Å²) in [5.41, 5.74) is 0. The van der Waals surface area contributed by atoms with Crippen LogP contribution in [0.5, 0.6) is 0 Å². The van der Waals surface area contributed by atoms with Gasteiger partial charge in [-0.2, -0.15) is 0 Å². The highest BCUT2D eigenvalue weighted by atomic mass is 16.6. The maximum Gasteiger partial charge on any atom is 0.409 e. The third kappa shape index (κ3) is 6.44. The molecule has 120 valence electrons. The van der Waals surface area contributed by atoms with Crippen LogP contribution in [0.15, 0.2) is 0 Å². The van der Waals surface area contributed by atoms with Gasteiger partial charge in [0.2, 0.25) is 0 Å².